The molecule has 18 heavy (non-hydrogen) atoms. The van der Waals surface area contributed by atoms with Crippen LogP contribution in [0.4, 0.5) is 5.95 Å². The fourth-order valence-corrected chi connectivity index (χ4v) is 3.62. The SMILES string of the molecule is Cn1nnc(NS(=O)(=O)c2cc(Br)ccc2Br)n1. The Kier molecular flexibility index (Phi) is 3.69. The summed E-state index contributed by atoms with van der Waals surface area (Å²) in [6, 6.07) is 4.83. The first-order chi connectivity index (χ1) is 8.38. The average molecular weight is 397 g/mol. The summed E-state index contributed by atoms with van der Waals surface area (Å²) in [6.07, 6.45) is 0. The Morgan fingerprint density at radius 2 is 2.06 bits per heavy atom. The van der Waals surface area contributed by atoms with E-state index in [0.29, 0.717) is 8.95 Å². The molecule has 0 aliphatic rings. The summed E-state index contributed by atoms with van der Waals surface area (Å²) in [5.74, 6) is -0.0793. The van der Waals surface area contributed by atoms with Crippen molar-refractivity contribution in [2.75, 3.05) is 4.72 Å². The Morgan fingerprint density at radius 1 is 1.33 bits per heavy atom. The number of tetrazole rings is 1. The smallest absolute Gasteiger partial charge is 0.245 e. The van der Waals surface area contributed by atoms with E-state index in [1.165, 1.54) is 6.07 Å². The number of sulfonamides is 1. The van der Waals surface area contributed by atoms with Crippen LogP contribution in [0.2, 0.25) is 0 Å². The fourth-order valence-electron chi connectivity index (χ4n) is 1.18. The molecule has 0 atom stereocenters. The molecule has 0 unspecified atom stereocenters. The number of benzene rings is 1. The van der Waals surface area contributed by atoms with E-state index in [0.717, 1.165) is 4.80 Å². The number of anilines is 1. The Morgan fingerprint density at radius 3 is 2.67 bits per heavy atom. The molecule has 10 heteroatoms. The maximum atomic E-state index is 12.1. The summed E-state index contributed by atoms with van der Waals surface area (Å²) in [6.45, 7) is 0. The van der Waals surface area contributed by atoms with E-state index in [1.807, 2.05) is 0 Å². The van der Waals surface area contributed by atoms with E-state index < -0.39 is 10.0 Å². The molecule has 0 fully saturated rings. The van der Waals surface area contributed by atoms with Crippen molar-refractivity contribution in [2.45, 2.75) is 4.90 Å². The van der Waals surface area contributed by atoms with Gasteiger partial charge in [-0.25, -0.2) is 13.1 Å². The molecule has 0 bridgehead atoms. The van der Waals surface area contributed by atoms with Crippen molar-refractivity contribution in [3.8, 4) is 0 Å². The highest BCUT2D eigenvalue weighted by atomic mass is 79.9. The number of rotatable bonds is 3. The van der Waals surface area contributed by atoms with Gasteiger partial charge in [0, 0.05) is 8.95 Å². The maximum absolute atomic E-state index is 12.1. The second-order valence-corrected chi connectivity index (χ2v) is 6.70. The van der Waals surface area contributed by atoms with Gasteiger partial charge in [-0.15, -0.1) is 5.10 Å². The van der Waals surface area contributed by atoms with Gasteiger partial charge < -0.3 is 0 Å². The lowest BCUT2D eigenvalue weighted by Crippen LogP contribution is -2.14. The molecule has 1 aromatic heterocycles. The van der Waals surface area contributed by atoms with Crippen molar-refractivity contribution < 1.29 is 8.42 Å². The Bertz CT molecular complexity index is 685. The minimum Gasteiger partial charge on any atom is -0.245 e. The van der Waals surface area contributed by atoms with Crippen LogP contribution in [-0.2, 0) is 17.1 Å². The number of hydrogen-bond acceptors (Lipinski definition) is 5. The first-order valence-electron chi connectivity index (χ1n) is 4.60. The number of nitrogens with one attached hydrogen (secondary N) is 1. The highest BCUT2D eigenvalue weighted by Gasteiger charge is 2.20. The van der Waals surface area contributed by atoms with Gasteiger partial charge in [-0.2, -0.15) is 4.80 Å². The third-order valence-corrected chi connectivity index (χ3v) is 4.73. The van der Waals surface area contributed by atoms with Gasteiger partial charge in [0.05, 0.1) is 7.05 Å². The van der Waals surface area contributed by atoms with Gasteiger partial charge in [-0.05, 0) is 39.3 Å². The molecule has 0 amide bonds. The summed E-state index contributed by atoms with van der Waals surface area (Å²) in [7, 11) is -2.22. The first-order valence-corrected chi connectivity index (χ1v) is 7.67. The molecule has 1 N–H and O–H groups in total. The van der Waals surface area contributed by atoms with Crippen LogP contribution in [0, 0.1) is 0 Å². The summed E-state index contributed by atoms with van der Waals surface area (Å²) in [5.41, 5.74) is 0. The van der Waals surface area contributed by atoms with Crippen LogP contribution in [0.25, 0.3) is 0 Å². The van der Waals surface area contributed by atoms with Crippen LogP contribution >= 0.6 is 31.9 Å². The zero-order valence-corrected chi connectivity index (χ0v) is 13.0. The highest BCUT2D eigenvalue weighted by molar-refractivity contribution is 9.11. The topological polar surface area (TPSA) is 89.8 Å². The minimum atomic E-state index is -3.76. The maximum Gasteiger partial charge on any atom is 0.277 e. The molecule has 0 saturated carbocycles. The van der Waals surface area contributed by atoms with Crippen LogP contribution in [0.15, 0.2) is 32.0 Å². The zero-order chi connectivity index (χ0) is 13.3. The summed E-state index contributed by atoms with van der Waals surface area (Å²) < 4.78 is 27.5. The molecular formula is C8H7Br2N5O2S. The first kappa shape index (κ1) is 13.4. The summed E-state index contributed by atoms with van der Waals surface area (Å²) >= 11 is 6.40. The molecule has 7 nitrogen and oxygen atoms in total. The van der Waals surface area contributed by atoms with Crippen molar-refractivity contribution in [1.82, 2.24) is 20.2 Å². The lowest BCUT2D eigenvalue weighted by molar-refractivity contribution is 0.600. The number of aryl methyl sites for hydroxylation is 1. The van der Waals surface area contributed by atoms with Gasteiger partial charge in [0.15, 0.2) is 0 Å². The lowest BCUT2D eigenvalue weighted by atomic mass is 10.4. The fraction of sp³-hybridized carbons (Fsp3) is 0.125. The van der Waals surface area contributed by atoms with E-state index in [-0.39, 0.29) is 10.8 Å². The van der Waals surface area contributed by atoms with Crippen molar-refractivity contribution in [2.24, 2.45) is 7.05 Å². The van der Waals surface area contributed by atoms with Crippen LogP contribution < -0.4 is 4.72 Å². The molecule has 1 aromatic carbocycles. The highest BCUT2D eigenvalue weighted by Crippen LogP contribution is 2.26. The standard InChI is InChI=1S/C8H7Br2N5O2S/c1-15-12-8(11-14-15)13-18(16,17)7-4-5(9)2-3-6(7)10/h2-4H,1H3,(H,12,13). The largest absolute Gasteiger partial charge is 0.277 e. The van der Waals surface area contributed by atoms with Crippen LogP contribution in [-0.4, -0.2) is 28.6 Å². The van der Waals surface area contributed by atoms with Gasteiger partial charge in [0.25, 0.3) is 16.0 Å². The monoisotopic (exact) mass is 395 g/mol. The molecule has 0 aliphatic carbocycles. The van der Waals surface area contributed by atoms with E-state index in [4.69, 9.17) is 0 Å². The molecular weight excluding hydrogens is 390 g/mol. The van der Waals surface area contributed by atoms with Gasteiger partial charge in [0.1, 0.15) is 4.90 Å². The zero-order valence-electron chi connectivity index (χ0n) is 9.00. The molecule has 0 radical (unpaired) electrons. The van der Waals surface area contributed by atoms with E-state index >= 15 is 0 Å². The number of aromatic nitrogens is 4. The molecule has 96 valence electrons. The normalized spacial score (nSPS) is 11.5. The predicted molar refractivity (Wildman–Crippen MR) is 71.4 cm³/mol. The summed E-state index contributed by atoms with van der Waals surface area (Å²) in [5, 5.41) is 10.9. The van der Waals surface area contributed by atoms with E-state index in [9.17, 15) is 8.42 Å². The Hall–Kier alpha value is -1.000. The molecule has 1 heterocycles. The van der Waals surface area contributed by atoms with Gasteiger partial charge in [-0.3, -0.25) is 0 Å². The van der Waals surface area contributed by atoms with Crippen LogP contribution in [0.3, 0.4) is 0 Å². The quantitative estimate of drug-likeness (QED) is 0.849. The van der Waals surface area contributed by atoms with Crippen molar-refractivity contribution >= 4 is 47.8 Å². The van der Waals surface area contributed by atoms with Crippen molar-refractivity contribution in [1.29, 1.82) is 0 Å². The lowest BCUT2D eigenvalue weighted by Gasteiger charge is -2.06. The van der Waals surface area contributed by atoms with E-state index in [1.54, 1.807) is 19.2 Å². The van der Waals surface area contributed by atoms with Gasteiger partial charge in [0.2, 0.25) is 0 Å². The number of hydrogen-bond donors (Lipinski definition) is 1. The minimum absolute atomic E-state index is 0.0793. The van der Waals surface area contributed by atoms with Crippen molar-refractivity contribution in [3.05, 3.63) is 27.1 Å². The van der Waals surface area contributed by atoms with Crippen LogP contribution in [0.5, 0.6) is 0 Å². The Balaban J connectivity index is 2.39. The number of halogens is 2. The second-order valence-electron chi connectivity index (χ2n) is 3.28. The third-order valence-electron chi connectivity index (χ3n) is 1.92. The molecule has 0 spiro atoms. The summed E-state index contributed by atoms with van der Waals surface area (Å²) in [4.78, 5) is 1.25. The predicted octanol–water partition coefficient (Wildman–Crippen LogP) is 1.54. The second kappa shape index (κ2) is 4.94. The Labute approximate surface area is 120 Å². The van der Waals surface area contributed by atoms with Gasteiger partial charge >= 0.3 is 0 Å². The molecule has 2 rings (SSSR count). The average Bonchev–Trinajstić information content (AvgIpc) is 2.66. The van der Waals surface area contributed by atoms with Crippen molar-refractivity contribution in [3.63, 3.8) is 0 Å². The molecule has 0 saturated heterocycles. The van der Waals surface area contributed by atoms with E-state index in [2.05, 4.69) is 52.0 Å². The molecule has 0 aliphatic heterocycles. The van der Waals surface area contributed by atoms with Gasteiger partial charge in [-0.1, -0.05) is 21.0 Å². The van der Waals surface area contributed by atoms with Crippen LogP contribution in [0.1, 0.15) is 0 Å². The number of nitrogens with zero attached hydrogens (tertiary/aromatic N) is 4. The third kappa shape index (κ3) is 2.87. The molecule has 2 aromatic rings.